The van der Waals surface area contributed by atoms with Gasteiger partial charge >= 0.3 is 100 Å². The molecular weight excluding hydrogens is 309 g/mol. The fourth-order valence-electron chi connectivity index (χ4n) is 1.25. The van der Waals surface area contributed by atoms with Crippen LogP contribution in [0.4, 0.5) is 0 Å². The van der Waals surface area contributed by atoms with E-state index in [1.807, 2.05) is 9.12 Å². The molecule has 1 aliphatic rings. The van der Waals surface area contributed by atoms with Crippen LogP contribution in [0.1, 0.15) is 32.6 Å². The molecule has 0 saturated carbocycles. The Morgan fingerprint density at radius 2 is 2.29 bits per heavy atom. The van der Waals surface area contributed by atoms with E-state index in [9.17, 15) is 0 Å². The number of halogens is 1. The van der Waals surface area contributed by atoms with Crippen molar-refractivity contribution < 1.29 is 4.74 Å². The molecule has 1 heterocycles. The zero-order valence-corrected chi connectivity index (χ0v) is 11.9. The van der Waals surface area contributed by atoms with Crippen LogP contribution in [-0.4, -0.2) is 23.9 Å². The van der Waals surface area contributed by atoms with Crippen LogP contribution in [-0.2, 0) is 4.74 Å². The molecule has 0 spiro atoms. The Hall–Kier alpha value is 0.710. The summed E-state index contributed by atoms with van der Waals surface area (Å²) in [6.45, 7) is 4.10. The van der Waals surface area contributed by atoms with Gasteiger partial charge in [0.2, 0.25) is 0 Å². The summed E-state index contributed by atoms with van der Waals surface area (Å²) in [4.78, 5) is 0. The van der Waals surface area contributed by atoms with Crippen molar-refractivity contribution in [2.45, 2.75) is 32.6 Å². The van der Waals surface area contributed by atoms with Crippen LogP contribution in [0, 0.1) is 5.92 Å². The maximum absolute atomic E-state index is 5.30. The summed E-state index contributed by atoms with van der Waals surface area (Å²) in [5, 5.41) is 0. The number of ether oxygens (including phenoxy) is 1. The Balaban J connectivity index is 1.96. The Morgan fingerprint density at radius 3 is 3.00 bits per heavy atom. The van der Waals surface area contributed by atoms with Gasteiger partial charge in [-0.2, -0.15) is 0 Å². The van der Waals surface area contributed by atoms with Gasteiger partial charge in [-0.15, -0.1) is 0 Å². The summed E-state index contributed by atoms with van der Waals surface area (Å²) < 4.78 is 11.2. The SMILES string of the molecule is CCCC[IH]S/N=C/C1CCOCC1. The number of hydrogen-bond acceptors (Lipinski definition) is 3. The van der Waals surface area contributed by atoms with Gasteiger partial charge in [-0.1, -0.05) is 0 Å². The van der Waals surface area contributed by atoms with Crippen molar-refractivity contribution >= 4 is 35.2 Å². The number of nitrogens with zero attached hydrogens (tertiary/aromatic N) is 1. The molecular formula is C10H20INOS. The molecule has 0 radical (unpaired) electrons. The molecule has 1 aliphatic heterocycles. The second kappa shape index (κ2) is 8.97. The molecule has 1 saturated heterocycles. The molecule has 0 N–H and O–H groups in total. The zero-order chi connectivity index (χ0) is 10.1. The first kappa shape index (κ1) is 12.8. The van der Waals surface area contributed by atoms with Crippen molar-refractivity contribution in [2.75, 3.05) is 17.6 Å². The molecule has 14 heavy (non-hydrogen) atoms. The molecule has 84 valence electrons. The number of alkyl halides is 1. The van der Waals surface area contributed by atoms with Crippen LogP contribution in [0.3, 0.4) is 0 Å². The van der Waals surface area contributed by atoms with Crippen LogP contribution < -0.4 is 0 Å². The quantitative estimate of drug-likeness (QED) is 0.244. The second-order valence-electron chi connectivity index (χ2n) is 3.45. The Morgan fingerprint density at radius 1 is 1.50 bits per heavy atom. The van der Waals surface area contributed by atoms with E-state index in [1.54, 1.807) is 0 Å². The molecule has 0 atom stereocenters. The molecule has 0 aliphatic carbocycles. The van der Waals surface area contributed by atoms with E-state index >= 15 is 0 Å². The van der Waals surface area contributed by atoms with Gasteiger partial charge in [-0.3, -0.25) is 0 Å². The Bertz CT molecular complexity index is 160. The van der Waals surface area contributed by atoms with Gasteiger partial charge in [0.15, 0.2) is 0 Å². The summed E-state index contributed by atoms with van der Waals surface area (Å²) in [6, 6.07) is 0. The van der Waals surface area contributed by atoms with Gasteiger partial charge in [0.05, 0.1) is 0 Å². The molecule has 1 fully saturated rings. The van der Waals surface area contributed by atoms with E-state index < -0.39 is 0 Å². The molecule has 0 aromatic carbocycles. The molecule has 1 rings (SSSR count). The average Bonchev–Trinajstić information content (AvgIpc) is 2.25. The van der Waals surface area contributed by atoms with Crippen molar-refractivity contribution in [1.29, 1.82) is 0 Å². The van der Waals surface area contributed by atoms with Gasteiger partial charge in [0, 0.05) is 0 Å². The Labute approximate surface area is 100 Å². The minimum atomic E-state index is 0.114. The zero-order valence-electron chi connectivity index (χ0n) is 8.78. The molecule has 0 bridgehead atoms. The predicted octanol–water partition coefficient (Wildman–Crippen LogP) is 3.55. The topological polar surface area (TPSA) is 21.6 Å². The summed E-state index contributed by atoms with van der Waals surface area (Å²) >= 11 is 0.114. The van der Waals surface area contributed by atoms with E-state index in [2.05, 4.69) is 17.5 Å². The van der Waals surface area contributed by atoms with Gasteiger partial charge in [0.25, 0.3) is 0 Å². The summed E-state index contributed by atoms with van der Waals surface area (Å²) in [5.74, 6) is 0.690. The number of unbranched alkanes of at least 4 members (excludes halogenated alkanes) is 1. The average molecular weight is 329 g/mol. The third-order valence-corrected chi connectivity index (χ3v) is 6.58. The van der Waals surface area contributed by atoms with Crippen molar-refractivity contribution in [3.05, 3.63) is 0 Å². The van der Waals surface area contributed by atoms with Gasteiger partial charge < -0.3 is 0 Å². The third-order valence-electron chi connectivity index (χ3n) is 2.21. The van der Waals surface area contributed by atoms with Gasteiger partial charge in [-0.25, -0.2) is 0 Å². The van der Waals surface area contributed by atoms with Crippen LogP contribution in [0.25, 0.3) is 0 Å². The van der Waals surface area contributed by atoms with Crippen LogP contribution in [0.5, 0.6) is 0 Å². The standard InChI is InChI=1S/C10H20INOS/c1-2-3-6-11-14-12-9-10-4-7-13-8-5-10/h9-11H,2-8H2,1H3/b12-9+. The minimum absolute atomic E-state index is 0.114. The summed E-state index contributed by atoms with van der Waals surface area (Å²) in [6.07, 6.45) is 7.21. The van der Waals surface area contributed by atoms with Crippen LogP contribution >= 0.6 is 28.9 Å². The van der Waals surface area contributed by atoms with E-state index in [0.717, 1.165) is 13.2 Å². The van der Waals surface area contributed by atoms with E-state index in [1.165, 1.54) is 30.1 Å². The molecule has 2 nitrogen and oxygen atoms in total. The normalized spacial score (nSPS) is 19.5. The number of rotatable bonds is 6. The first-order valence-electron chi connectivity index (χ1n) is 5.33. The molecule has 0 aromatic rings. The maximum atomic E-state index is 5.30. The number of hydrogen-bond donors (Lipinski definition) is 0. The Kier molecular flexibility index (Phi) is 8.19. The first-order valence-corrected chi connectivity index (χ1v) is 10.5. The summed E-state index contributed by atoms with van der Waals surface area (Å²) in [7, 11) is 1.85. The summed E-state index contributed by atoms with van der Waals surface area (Å²) in [5.41, 5.74) is 0. The van der Waals surface area contributed by atoms with Crippen LogP contribution in [0.2, 0.25) is 0 Å². The second-order valence-corrected chi connectivity index (χ2v) is 8.51. The van der Waals surface area contributed by atoms with Crippen molar-refractivity contribution in [2.24, 2.45) is 10.3 Å². The molecule has 0 amide bonds. The van der Waals surface area contributed by atoms with Crippen LogP contribution in [0.15, 0.2) is 4.40 Å². The van der Waals surface area contributed by atoms with Crippen molar-refractivity contribution in [3.8, 4) is 0 Å². The fraction of sp³-hybridized carbons (Fsp3) is 0.900. The molecule has 0 unspecified atom stereocenters. The monoisotopic (exact) mass is 329 g/mol. The van der Waals surface area contributed by atoms with Crippen molar-refractivity contribution in [3.63, 3.8) is 0 Å². The third kappa shape index (κ3) is 6.24. The van der Waals surface area contributed by atoms with Gasteiger partial charge in [0.1, 0.15) is 0 Å². The van der Waals surface area contributed by atoms with E-state index in [-0.39, 0.29) is 19.8 Å². The first-order chi connectivity index (χ1) is 6.93. The fourth-order valence-corrected chi connectivity index (χ4v) is 5.14. The molecule has 4 heteroatoms. The van der Waals surface area contributed by atoms with E-state index in [0.29, 0.717) is 5.92 Å². The molecule has 0 aromatic heterocycles. The van der Waals surface area contributed by atoms with E-state index in [4.69, 9.17) is 4.74 Å². The predicted molar refractivity (Wildman–Crippen MR) is 74.8 cm³/mol. The van der Waals surface area contributed by atoms with Gasteiger partial charge in [-0.05, 0) is 0 Å². The van der Waals surface area contributed by atoms with Crippen molar-refractivity contribution in [1.82, 2.24) is 0 Å².